The first-order valence-corrected chi connectivity index (χ1v) is 10.3. The molecule has 0 aliphatic heterocycles. The summed E-state index contributed by atoms with van der Waals surface area (Å²) in [4.78, 5) is 4.32. The molecular weight excluding hydrogens is 400 g/mol. The lowest BCUT2D eigenvalue weighted by Gasteiger charge is -2.10. The Morgan fingerprint density at radius 1 is 0.964 bits per heavy atom. The molecule has 0 spiro atoms. The van der Waals surface area contributed by atoms with Crippen molar-refractivity contribution in [3.63, 3.8) is 0 Å². The van der Waals surface area contributed by atoms with Crippen LogP contribution in [-0.4, -0.2) is 36.7 Å². The smallest absolute Gasteiger partial charge is 0.240 e. The van der Waals surface area contributed by atoms with E-state index >= 15 is 0 Å². The first kappa shape index (κ1) is 20.0. The fraction of sp³-hybridized carbons (Fsp3) is 0.167. The fourth-order valence-corrected chi connectivity index (χ4v) is 3.92. The molecule has 0 saturated carbocycles. The molecule has 3 N–H and O–H groups in total. The number of benzene rings is 1. The number of hydrogen-bond acceptors (Lipinski definition) is 7. The van der Waals surface area contributed by atoms with Crippen molar-refractivity contribution >= 4 is 39.1 Å². The molecule has 0 bridgehead atoms. The highest BCUT2D eigenvalue weighted by Crippen LogP contribution is 2.19. The van der Waals surface area contributed by atoms with Crippen LogP contribution >= 0.6 is 11.6 Å². The molecule has 0 aliphatic carbocycles. The Kier molecular flexibility index (Phi) is 6.40. The van der Waals surface area contributed by atoms with Gasteiger partial charge in [-0.3, -0.25) is 0 Å². The monoisotopic (exact) mass is 418 g/mol. The molecule has 0 unspecified atom stereocenters. The van der Waals surface area contributed by atoms with Crippen molar-refractivity contribution < 1.29 is 8.42 Å². The third-order valence-electron chi connectivity index (χ3n) is 3.75. The lowest BCUT2D eigenvalue weighted by atomic mass is 10.2. The molecule has 2 heterocycles. The molecule has 28 heavy (non-hydrogen) atoms. The largest absolute Gasteiger partial charge is 0.367 e. The lowest BCUT2D eigenvalue weighted by Crippen LogP contribution is -2.29. The van der Waals surface area contributed by atoms with Gasteiger partial charge in [-0.25, -0.2) is 18.1 Å². The molecule has 0 radical (unpaired) electrons. The van der Waals surface area contributed by atoms with Crippen LogP contribution in [0.25, 0.3) is 0 Å². The maximum absolute atomic E-state index is 12.4. The van der Waals surface area contributed by atoms with Gasteiger partial charge >= 0.3 is 0 Å². The van der Waals surface area contributed by atoms with Gasteiger partial charge < -0.3 is 10.6 Å². The zero-order valence-electron chi connectivity index (χ0n) is 15.1. The highest BCUT2D eigenvalue weighted by atomic mass is 35.5. The van der Waals surface area contributed by atoms with Crippen molar-refractivity contribution in [1.82, 2.24) is 19.9 Å². The first-order chi connectivity index (χ1) is 13.4. The number of hydrogen-bond donors (Lipinski definition) is 3. The summed E-state index contributed by atoms with van der Waals surface area (Å²) >= 11 is 5.90. The maximum atomic E-state index is 12.4. The molecule has 146 valence electrons. The number of anilines is 3. The van der Waals surface area contributed by atoms with Gasteiger partial charge in [0.1, 0.15) is 11.6 Å². The van der Waals surface area contributed by atoms with Crippen molar-refractivity contribution in [1.29, 1.82) is 0 Å². The van der Waals surface area contributed by atoms with Crippen LogP contribution in [0.5, 0.6) is 0 Å². The predicted octanol–water partition coefficient (Wildman–Crippen LogP) is 2.97. The molecule has 3 aromatic rings. The highest BCUT2D eigenvalue weighted by Gasteiger charge is 2.16. The summed E-state index contributed by atoms with van der Waals surface area (Å²) in [5.74, 6) is 1.76. The summed E-state index contributed by atoms with van der Waals surface area (Å²) in [7, 11) is -3.64. The number of pyridine rings is 1. The Balaban J connectivity index is 1.50. The van der Waals surface area contributed by atoms with E-state index in [-0.39, 0.29) is 11.4 Å². The summed E-state index contributed by atoms with van der Waals surface area (Å²) in [6.45, 7) is 2.25. The van der Waals surface area contributed by atoms with Gasteiger partial charge in [-0.2, -0.15) is 0 Å². The summed E-state index contributed by atoms with van der Waals surface area (Å²) < 4.78 is 27.3. The van der Waals surface area contributed by atoms with Crippen molar-refractivity contribution in [3.8, 4) is 0 Å². The predicted molar refractivity (Wildman–Crippen MR) is 109 cm³/mol. The first-order valence-electron chi connectivity index (χ1n) is 8.45. The van der Waals surface area contributed by atoms with E-state index in [1.54, 1.807) is 37.4 Å². The Morgan fingerprint density at radius 3 is 2.46 bits per heavy atom. The van der Waals surface area contributed by atoms with Crippen LogP contribution in [0, 0.1) is 6.92 Å². The van der Waals surface area contributed by atoms with Gasteiger partial charge in [0.2, 0.25) is 10.0 Å². The quantitative estimate of drug-likeness (QED) is 0.482. The van der Waals surface area contributed by atoms with E-state index in [9.17, 15) is 8.42 Å². The fourth-order valence-electron chi connectivity index (χ4n) is 2.38. The van der Waals surface area contributed by atoms with Crippen molar-refractivity contribution in [3.05, 3.63) is 65.3 Å². The van der Waals surface area contributed by atoms with Crippen LogP contribution in [0.2, 0.25) is 5.02 Å². The van der Waals surface area contributed by atoms with Gasteiger partial charge in [0, 0.05) is 24.3 Å². The van der Waals surface area contributed by atoms with Crippen molar-refractivity contribution in [2.24, 2.45) is 0 Å². The van der Waals surface area contributed by atoms with E-state index in [0.29, 0.717) is 34.6 Å². The third-order valence-corrected chi connectivity index (χ3v) is 5.59. The minimum Gasteiger partial charge on any atom is -0.367 e. The molecule has 0 aliphatic rings. The molecule has 2 aromatic heterocycles. The van der Waals surface area contributed by atoms with E-state index in [4.69, 9.17) is 11.6 Å². The number of rotatable bonds is 8. The van der Waals surface area contributed by atoms with E-state index in [1.807, 2.05) is 18.2 Å². The van der Waals surface area contributed by atoms with Crippen molar-refractivity contribution in [2.45, 2.75) is 11.8 Å². The Morgan fingerprint density at radius 2 is 1.75 bits per heavy atom. The summed E-state index contributed by atoms with van der Waals surface area (Å²) in [5.41, 5.74) is 0.631. The number of sulfonamides is 1. The van der Waals surface area contributed by atoms with E-state index in [0.717, 1.165) is 0 Å². The van der Waals surface area contributed by atoms with E-state index < -0.39 is 10.0 Å². The number of halogens is 1. The second-order valence-corrected chi connectivity index (χ2v) is 8.05. The SMILES string of the molecule is Cc1ccc(Cl)cc1S(=O)(=O)NCCNc1ccc(Nc2ccccn2)nn1. The Bertz CT molecular complexity index is 1030. The van der Waals surface area contributed by atoms with Gasteiger partial charge in [-0.05, 0) is 48.9 Å². The second-order valence-electron chi connectivity index (χ2n) is 5.88. The highest BCUT2D eigenvalue weighted by molar-refractivity contribution is 7.89. The zero-order chi connectivity index (χ0) is 20.0. The zero-order valence-corrected chi connectivity index (χ0v) is 16.6. The second kappa shape index (κ2) is 8.96. The van der Waals surface area contributed by atoms with Crippen LogP contribution in [0.15, 0.2) is 59.6 Å². The topological polar surface area (TPSA) is 109 Å². The van der Waals surface area contributed by atoms with E-state index in [2.05, 4.69) is 30.5 Å². The molecule has 3 rings (SSSR count). The standard InChI is InChI=1S/C18H19ClN6O2S/c1-13-5-6-14(19)12-15(13)28(26,27)22-11-10-21-17-7-8-18(25-24-17)23-16-4-2-3-9-20-16/h2-9,12,22H,10-11H2,1H3,(H,21,24)(H,20,23,25). The normalized spacial score (nSPS) is 11.2. The van der Waals surface area contributed by atoms with Gasteiger partial charge in [0.15, 0.2) is 5.82 Å². The van der Waals surface area contributed by atoms with Gasteiger partial charge in [-0.1, -0.05) is 23.7 Å². The molecule has 10 heteroatoms. The summed E-state index contributed by atoms with van der Waals surface area (Å²) in [5, 5.41) is 14.5. The lowest BCUT2D eigenvalue weighted by molar-refractivity contribution is 0.582. The molecule has 8 nitrogen and oxygen atoms in total. The van der Waals surface area contributed by atoms with Crippen LogP contribution in [0.1, 0.15) is 5.56 Å². The average molecular weight is 419 g/mol. The van der Waals surface area contributed by atoms with Crippen LogP contribution < -0.4 is 15.4 Å². The summed E-state index contributed by atoms with van der Waals surface area (Å²) in [6, 6.07) is 13.8. The molecule has 1 aromatic carbocycles. The summed E-state index contributed by atoms with van der Waals surface area (Å²) in [6.07, 6.45) is 1.68. The molecular formula is C18H19ClN6O2S. The minimum absolute atomic E-state index is 0.171. The molecule has 0 atom stereocenters. The number of nitrogens with zero attached hydrogens (tertiary/aromatic N) is 3. The van der Waals surface area contributed by atoms with Crippen LogP contribution in [-0.2, 0) is 10.0 Å². The van der Waals surface area contributed by atoms with E-state index in [1.165, 1.54) is 6.07 Å². The van der Waals surface area contributed by atoms with Gasteiger partial charge in [-0.15, -0.1) is 10.2 Å². The maximum Gasteiger partial charge on any atom is 0.240 e. The van der Waals surface area contributed by atoms with Gasteiger partial charge in [0.25, 0.3) is 0 Å². The average Bonchev–Trinajstić information content (AvgIpc) is 2.69. The van der Waals surface area contributed by atoms with Crippen LogP contribution in [0.4, 0.5) is 17.5 Å². The van der Waals surface area contributed by atoms with Crippen LogP contribution in [0.3, 0.4) is 0 Å². The Hall–Kier alpha value is -2.75. The minimum atomic E-state index is -3.64. The van der Waals surface area contributed by atoms with Crippen molar-refractivity contribution in [2.75, 3.05) is 23.7 Å². The number of nitrogens with one attached hydrogen (secondary N) is 3. The Labute approximate surface area is 168 Å². The number of aromatic nitrogens is 3. The van der Waals surface area contributed by atoms with Gasteiger partial charge in [0.05, 0.1) is 4.90 Å². The number of aryl methyl sites for hydroxylation is 1. The molecule has 0 saturated heterocycles. The molecule has 0 amide bonds. The molecule has 0 fully saturated rings. The third kappa shape index (κ3) is 5.38.